The molecule has 2 N–H and O–H groups in total. The number of rotatable bonds is 7. The average molecular weight is 277 g/mol. The number of aromatic nitrogens is 1. The first-order valence-electron chi connectivity index (χ1n) is 6.25. The molecule has 1 aromatic rings. The Hall–Kier alpha value is -2.21. The van der Waals surface area contributed by atoms with E-state index in [2.05, 4.69) is 10.3 Å². The number of carbonyl (C=O) groups excluding carboxylic acids is 1. The number of pyridine rings is 1. The maximum absolute atomic E-state index is 11.9. The number of hydrogen-bond donors (Lipinski definition) is 2. The molecule has 0 aliphatic rings. The van der Waals surface area contributed by atoms with E-state index in [0.29, 0.717) is 5.70 Å². The molecule has 108 valence electrons. The SMILES string of the molecule is CCOC(=O)/C(C=N)=C(/Nc1ccncc1)[C@H](C)OC. The van der Waals surface area contributed by atoms with Crippen LogP contribution >= 0.6 is 0 Å². The van der Waals surface area contributed by atoms with Crippen molar-refractivity contribution in [2.75, 3.05) is 19.0 Å². The normalized spacial score (nSPS) is 13.2. The molecule has 0 aromatic carbocycles. The minimum atomic E-state index is -0.553. The topological polar surface area (TPSA) is 84.3 Å². The molecule has 0 unspecified atom stereocenters. The molecule has 0 saturated carbocycles. The zero-order valence-electron chi connectivity index (χ0n) is 11.8. The van der Waals surface area contributed by atoms with E-state index in [1.807, 2.05) is 0 Å². The molecule has 0 spiro atoms. The molecular formula is C14H19N3O3. The first-order chi connectivity index (χ1) is 9.63. The quantitative estimate of drug-likeness (QED) is 0.452. The lowest BCUT2D eigenvalue weighted by Crippen LogP contribution is -2.23. The fraction of sp³-hybridized carbons (Fsp3) is 0.357. The summed E-state index contributed by atoms with van der Waals surface area (Å²) in [6.45, 7) is 3.75. The molecule has 0 aliphatic carbocycles. The number of esters is 1. The molecule has 20 heavy (non-hydrogen) atoms. The molecule has 6 heteroatoms. The maximum Gasteiger partial charge on any atom is 0.341 e. The van der Waals surface area contributed by atoms with Crippen LogP contribution in [0.15, 0.2) is 35.8 Å². The van der Waals surface area contributed by atoms with Crippen molar-refractivity contribution in [3.63, 3.8) is 0 Å². The Kier molecular flexibility index (Phi) is 6.39. The summed E-state index contributed by atoms with van der Waals surface area (Å²) in [6.07, 6.45) is 3.85. The van der Waals surface area contributed by atoms with E-state index in [9.17, 15) is 4.79 Å². The van der Waals surface area contributed by atoms with Crippen LogP contribution in [0.3, 0.4) is 0 Å². The van der Waals surface area contributed by atoms with Crippen LogP contribution in [0.1, 0.15) is 13.8 Å². The highest BCUT2D eigenvalue weighted by Gasteiger charge is 2.19. The third-order valence-corrected chi connectivity index (χ3v) is 2.65. The summed E-state index contributed by atoms with van der Waals surface area (Å²) in [5.74, 6) is -0.553. The highest BCUT2D eigenvalue weighted by Crippen LogP contribution is 2.16. The van der Waals surface area contributed by atoms with Gasteiger partial charge < -0.3 is 20.2 Å². The fourth-order valence-corrected chi connectivity index (χ4v) is 1.55. The van der Waals surface area contributed by atoms with Crippen LogP contribution in [0, 0.1) is 5.41 Å². The molecule has 1 heterocycles. The van der Waals surface area contributed by atoms with Gasteiger partial charge >= 0.3 is 5.97 Å². The van der Waals surface area contributed by atoms with E-state index in [-0.39, 0.29) is 18.3 Å². The van der Waals surface area contributed by atoms with Crippen molar-refractivity contribution in [3.05, 3.63) is 35.8 Å². The Morgan fingerprint density at radius 1 is 1.50 bits per heavy atom. The van der Waals surface area contributed by atoms with Crippen LogP contribution in [0.25, 0.3) is 0 Å². The molecule has 0 amide bonds. The Bertz CT molecular complexity index is 486. The Balaban J connectivity index is 3.15. The zero-order chi connectivity index (χ0) is 15.0. The summed E-state index contributed by atoms with van der Waals surface area (Å²) < 4.78 is 10.2. The molecule has 0 fully saturated rings. The lowest BCUT2D eigenvalue weighted by atomic mass is 10.1. The lowest BCUT2D eigenvalue weighted by molar-refractivity contribution is -0.137. The Labute approximate surface area is 118 Å². The molecular weight excluding hydrogens is 258 g/mol. The molecule has 0 saturated heterocycles. The number of methoxy groups -OCH3 is 1. The van der Waals surface area contributed by atoms with E-state index >= 15 is 0 Å². The number of carbonyl (C=O) groups is 1. The third-order valence-electron chi connectivity index (χ3n) is 2.65. The van der Waals surface area contributed by atoms with Gasteiger partial charge in [-0.15, -0.1) is 0 Å². The summed E-state index contributed by atoms with van der Waals surface area (Å²) in [5, 5.41) is 10.5. The van der Waals surface area contributed by atoms with Crippen molar-refractivity contribution in [2.45, 2.75) is 20.0 Å². The van der Waals surface area contributed by atoms with Crippen molar-refractivity contribution in [1.82, 2.24) is 4.98 Å². The fourth-order valence-electron chi connectivity index (χ4n) is 1.55. The van der Waals surface area contributed by atoms with Gasteiger partial charge in [0.1, 0.15) is 0 Å². The van der Waals surface area contributed by atoms with Gasteiger partial charge in [-0.3, -0.25) is 4.98 Å². The number of anilines is 1. The van der Waals surface area contributed by atoms with Crippen LogP contribution in [-0.2, 0) is 14.3 Å². The summed E-state index contributed by atoms with van der Waals surface area (Å²) in [6, 6.07) is 3.52. The van der Waals surface area contributed by atoms with Gasteiger partial charge in [-0.1, -0.05) is 0 Å². The number of ether oxygens (including phenoxy) is 2. The smallest absolute Gasteiger partial charge is 0.341 e. The second-order valence-electron chi connectivity index (χ2n) is 3.93. The van der Waals surface area contributed by atoms with Crippen molar-refractivity contribution in [3.8, 4) is 0 Å². The lowest BCUT2D eigenvalue weighted by Gasteiger charge is -2.19. The molecule has 1 atom stereocenters. The molecule has 1 rings (SSSR count). The van der Waals surface area contributed by atoms with E-state index < -0.39 is 5.97 Å². The second-order valence-corrected chi connectivity index (χ2v) is 3.93. The molecule has 6 nitrogen and oxygen atoms in total. The van der Waals surface area contributed by atoms with Gasteiger partial charge in [0.25, 0.3) is 0 Å². The van der Waals surface area contributed by atoms with E-state index in [1.54, 1.807) is 38.4 Å². The highest BCUT2D eigenvalue weighted by atomic mass is 16.5. The largest absolute Gasteiger partial charge is 0.462 e. The third kappa shape index (κ3) is 4.17. The second kappa shape index (κ2) is 8.06. The molecule has 0 bridgehead atoms. The predicted octanol–water partition coefficient (Wildman–Crippen LogP) is 2.00. The van der Waals surface area contributed by atoms with Gasteiger partial charge in [0, 0.05) is 31.4 Å². The minimum Gasteiger partial charge on any atom is -0.462 e. The number of nitrogens with zero attached hydrogens (tertiary/aromatic N) is 1. The summed E-state index contributed by atoms with van der Waals surface area (Å²) in [5.41, 5.74) is 1.37. The van der Waals surface area contributed by atoms with Gasteiger partial charge in [-0.25, -0.2) is 4.79 Å². The Morgan fingerprint density at radius 3 is 2.65 bits per heavy atom. The summed E-state index contributed by atoms with van der Waals surface area (Å²) >= 11 is 0. The first kappa shape index (κ1) is 15.8. The predicted molar refractivity (Wildman–Crippen MR) is 76.8 cm³/mol. The van der Waals surface area contributed by atoms with Crippen molar-refractivity contribution < 1.29 is 14.3 Å². The van der Waals surface area contributed by atoms with Crippen LogP contribution in [-0.4, -0.2) is 37.0 Å². The standard InChI is InChI=1S/C14H19N3O3/c1-4-20-14(18)12(9-15)13(10(2)19-3)17-11-5-7-16-8-6-11/h5-10,15H,4H2,1-3H3,(H,16,17)/b13-12+,15-9?/t10-/m0/s1. The maximum atomic E-state index is 11.9. The monoisotopic (exact) mass is 277 g/mol. The summed E-state index contributed by atoms with van der Waals surface area (Å²) in [7, 11) is 1.53. The van der Waals surface area contributed by atoms with Crippen LogP contribution in [0.4, 0.5) is 5.69 Å². The van der Waals surface area contributed by atoms with Crippen LogP contribution < -0.4 is 5.32 Å². The highest BCUT2D eigenvalue weighted by molar-refractivity contribution is 6.09. The zero-order valence-corrected chi connectivity index (χ0v) is 11.8. The van der Waals surface area contributed by atoms with Crippen LogP contribution in [0.2, 0.25) is 0 Å². The van der Waals surface area contributed by atoms with E-state index in [0.717, 1.165) is 11.9 Å². The molecule has 0 aliphatic heterocycles. The van der Waals surface area contributed by atoms with Crippen molar-refractivity contribution in [1.29, 1.82) is 5.41 Å². The van der Waals surface area contributed by atoms with Gasteiger partial charge in [-0.05, 0) is 26.0 Å². The van der Waals surface area contributed by atoms with Crippen molar-refractivity contribution in [2.24, 2.45) is 0 Å². The number of hydrogen-bond acceptors (Lipinski definition) is 6. The average Bonchev–Trinajstić information content (AvgIpc) is 2.47. The minimum absolute atomic E-state index is 0.137. The summed E-state index contributed by atoms with van der Waals surface area (Å²) in [4.78, 5) is 15.8. The van der Waals surface area contributed by atoms with Gasteiger partial charge in [0.15, 0.2) is 0 Å². The molecule has 1 aromatic heterocycles. The van der Waals surface area contributed by atoms with E-state index in [4.69, 9.17) is 14.9 Å². The molecule has 0 radical (unpaired) electrons. The van der Waals surface area contributed by atoms with Gasteiger partial charge in [0.05, 0.1) is 24.0 Å². The van der Waals surface area contributed by atoms with Gasteiger partial charge in [-0.2, -0.15) is 0 Å². The van der Waals surface area contributed by atoms with Gasteiger partial charge in [0.2, 0.25) is 0 Å². The van der Waals surface area contributed by atoms with E-state index in [1.165, 1.54) is 7.11 Å². The first-order valence-corrected chi connectivity index (χ1v) is 6.25. The number of nitrogens with one attached hydrogen (secondary N) is 2. The van der Waals surface area contributed by atoms with Crippen molar-refractivity contribution >= 4 is 17.9 Å². The Morgan fingerprint density at radius 2 is 2.15 bits per heavy atom. The van der Waals surface area contributed by atoms with Crippen LogP contribution in [0.5, 0.6) is 0 Å².